The van der Waals surface area contributed by atoms with Gasteiger partial charge in [-0.1, -0.05) is 11.6 Å². The zero-order chi connectivity index (χ0) is 14.0. The van der Waals surface area contributed by atoms with Crippen molar-refractivity contribution < 1.29 is 14.7 Å². The number of nitrogens with two attached hydrogens (primary N) is 1. The number of hydrogen-bond acceptors (Lipinski definition) is 3. The number of rotatable bonds is 5. The number of carboxylic acid groups (broad SMARTS) is 1. The maximum atomic E-state index is 12.3. The van der Waals surface area contributed by atoms with Crippen molar-refractivity contribution in [1.29, 1.82) is 0 Å². The average Bonchev–Trinajstić information content (AvgIpc) is 3.14. The minimum absolute atomic E-state index is 0.294. The summed E-state index contributed by atoms with van der Waals surface area (Å²) in [4.78, 5) is 24.4. The van der Waals surface area contributed by atoms with Gasteiger partial charge in [-0.25, -0.2) is 0 Å². The number of carbonyl (C=O) groups is 2. The average molecular weight is 283 g/mol. The molecule has 2 rings (SSSR count). The molecule has 102 valence electrons. The van der Waals surface area contributed by atoms with Crippen molar-refractivity contribution in [2.75, 3.05) is 18.8 Å². The Kier molecular flexibility index (Phi) is 3.95. The molecule has 0 heterocycles. The molecular formula is C13H15ClN2O3. The maximum absolute atomic E-state index is 12.3. The highest BCUT2D eigenvalue weighted by molar-refractivity contribution is 6.33. The Hall–Kier alpha value is -1.75. The second kappa shape index (κ2) is 5.48. The van der Waals surface area contributed by atoms with Gasteiger partial charge in [-0.15, -0.1) is 0 Å². The Balaban J connectivity index is 2.16. The molecule has 3 N–H and O–H groups in total. The SMILES string of the molecule is Nc1ccc(C(=O)N(CC(=O)O)CC2CC2)cc1Cl. The monoisotopic (exact) mass is 282 g/mol. The van der Waals surface area contributed by atoms with Crippen LogP contribution in [-0.4, -0.2) is 35.0 Å². The van der Waals surface area contributed by atoms with Crippen LogP contribution in [0.15, 0.2) is 18.2 Å². The Morgan fingerprint density at radius 2 is 2.11 bits per heavy atom. The number of nitrogen functional groups attached to an aromatic ring is 1. The van der Waals surface area contributed by atoms with E-state index < -0.39 is 5.97 Å². The molecule has 0 saturated heterocycles. The van der Waals surface area contributed by atoms with Crippen molar-refractivity contribution >= 4 is 29.2 Å². The Labute approximate surface area is 116 Å². The number of aliphatic carboxylic acids is 1. The molecule has 0 atom stereocenters. The van der Waals surface area contributed by atoms with Crippen LogP contribution in [0.2, 0.25) is 5.02 Å². The molecule has 0 spiro atoms. The number of amides is 1. The molecule has 0 aliphatic heterocycles. The fraction of sp³-hybridized carbons (Fsp3) is 0.385. The normalized spacial score (nSPS) is 14.2. The first kappa shape index (κ1) is 13.7. The predicted molar refractivity (Wildman–Crippen MR) is 72.1 cm³/mol. The quantitative estimate of drug-likeness (QED) is 0.808. The minimum Gasteiger partial charge on any atom is -0.480 e. The van der Waals surface area contributed by atoms with E-state index in [0.29, 0.717) is 28.7 Å². The van der Waals surface area contributed by atoms with Crippen molar-refractivity contribution in [1.82, 2.24) is 4.90 Å². The fourth-order valence-electron chi connectivity index (χ4n) is 1.84. The van der Waals surface area contributed by atoms with Gasteiger partial charge in [0.25, 0.3) is 5.91 Å². The van der Waals surface area contributed by atoms with Crippen LogP contribution in [0.25, 0.3) is 0 Å². The molecule has 0 bridgehead atoms. The summed E-state index contributed by atoms with van der Waals surface area (Å²) in [6, 6.07) is 4.58. The van der Waals surface area contributed by atoms with Gasteiger partial charge >= 0.3 is 5.97 Å². The number of hydrogen-bond donors (Lipinski definition) is 2. The van der Waals surface area contributed by atoms with E-state index in [0.717, 1.165) is 12.8 Å². The highest BCUT2D eigenvalue weighted by Crippen LogP contribution is 2.30. The molecule has 1 aromatic carbocycles. The summed E-state index contributed by atoms with van der Waals surface area (Å²) in [5, 5.41) is 9.17. The van der Waals surface area contributed by atoms with E-state index in [1.165, 1.54) is 11.0 Å². The van der Waals surface area contributed by atoms with Crippen LogP contribution in [0.1, 0.15) is 23.2 Å². The van der Waals surface area contributed by atoms with Gasteiger partial charge in [-0.2, -0.15) is 0 Å². The Morgan fingerprint density at radius 1 is 1.42 bits per heavy atom. The first-order valence-corrected chi connectivity index (χ1v) is 6.41. The third-order valence-electron chi connectivity index (χ3n) is 3.04. The van der Waals surface area contributed by atoms with Gasteiger partial charge < -0.3 is 15.7 Å². The van der Waals surface area contributed by atoms with Gasteiger partial charge in [0.2, 0.25) is 0 Å². The lowest BCUT2D eigenvalue weighted by Crippen LogP contribution is -2.37. The van der Waals surface area contributed by atoms with Crippen molar-refractivity contribution in [2.45, 2.75) is 12.8 Å². The molecule has 1 aliphatic carbocycles. The second-order valence-corrected chi connectivity index (χ2v) is 5.17. The molecule has 0 aromatic heterocycles. The van der Waals surface area contributed by atoms with E-state index in [2.05, 4.69) is 0 Å². The van der Waals surface area contributed by atoms with Crippen molar-refractivity contribution in [3.05, 3.63) is 28.8 Å². The zero-order valence-corrected chi connectivity index (χ0v) is 11.1. The molecule has 6 heteroatoms. The maximum Gasteiger partial charge on any atom is 0.323 e. The van der Waals surface area contributed by atoms with Crippen LogP contribution in [0.5, 0.6) is 0 Å². The number of carboxylic acids is 1. The van der Waals surface area contributed by atoms with Crippen molar-refractivity contribution in [3.8, 4) is 0 Å². The number of nitrogens with zero attached hydrogens (tertiary/aromatic N) is 1. The van der Waals surface area contributed by atoms with Crippen LogP contribution in [0.4, 0.5) is 5.69 Å². The van der Waals surface area contributed by atoms with Crippen LogP contribution in [0, 0.1) is 5.92 Å². The van der Waals surface area contributed by atoms with Crippen LogP contribution >= 0.6 is 11.6 Å². The van der Waals surface area contributed by atoms with E-state index in [9.17, 15) is 9.59 Å². The van der Waals surface area contributed by atoms with Gasteiger partial charge in [-0.05, 0) is 37.0 Å². The summed E-state index contributed by atoms with van der Waals surface area (Å²) >= 11 is 5.87. The number of halogens is 1. The van der Waals surface area contributed by atoms with Crippen molar-refractivity contribution in [2.24, 2.45) is 5.92 Å². The number of anilines is 1. The Bertz CT molecular complexity index is 515. The number of carbonyl (C=O) groups excluding carboxylic acids is 1. The molecular weight excluding hydrogens is 268 g/mol. The largest absolute Gasteiger partial charge is 0.480 e. The third kappa shape index (κ3) is 3.61. The smallest absolute Gasteiger partial charge is 0.323 e. The lowest BCUT2D eigenvalue weighted by molar-refractivity contribution is -0.137. The van der Waals surface area contributed by atoms with Crippen LogP contribution < -0.4 is 5.73 Å². The molecule has 1 fully saturated rings. The van der Waals surface area contributed by atoms with Gasteiger partial charge in [0.15, 0.2) is 0 Å². The molecule has 0 unspecified atom stereocenters. The van der Waals surface area contributed by atoms with E-state index in [1.807, 2.05) is 0 Å². The van der Waals surface area contributed by atoms with E-state index in [4.69, 9.17) is 22.4 Å². The fourth-order valence-corrected chi connectivity index (χ4v) is 2.02. The van der Waals surface area contributed by atoms with E-state index in [1.54, 1.807) is 12.1 Å². The zero-order valence-electron chi connectivity index (χ0n) is 10.3. The highest BCUT2D eigenvalue weighted by Gasteiger charge is 2.28. The summed E-state index contributed by atoms with van der Waals surface area (Å²) in [6.45, 7) is 0.185. The summed E-state index contributed by atoms with van der Waals surface area (Å²) < 4.78 is 0. The van der Waals surface area contributed by atoms with Gasteiger partial charge in [-0.3, -0.25) is 9.59 Å². The lowest BCUT2D eigenvalue weighted by atomic mass is 10.1. The van der Waals surface area contributed by atoms with Gasteiger partial charge in [0.1, 0.15) is 6.54 Å². The third-order valence-corrected chi connectivity index (χ3v) is 3.36. The summed E-state index contributed by atoms with van der Waals surface area (Å²) in [5.74, 6) is -0.917. The lowest BCUT2D eigenvalue weighted by Gasteiger charge is -2.20. The van der Waals surface area contributed by atoms with E-state index >= 15 is 0 Å². The minimum atomic E-state index is -1.02. The molecule has 1 amide bonds. The van der Waals surface area contributed by atoms with Crippen LogP contribution in [-0.2, 0) is 4.79 Å². The molecule has 1 aliphatic rings. The first-order valence-electron chi connectivity index (χ1n) is 6.03. The topological polar surface area (TPSA) is 83.6 Å². The molecule has 1 aromatic rings. The predicted octanol–water partition coefficient (Wildman–Crippen LogP) is 1.86. The van der Waals surface area contributed by atoms with E-state index in [-0.39, 0.29) is 12.5 Å². The summed E-state index contributed by atoms with van der Waals surface area (Å²) in [7, 11) is 0. The molecule has 19 heavy (non-hydrogen) atoms. The van der Waals surface area contributed by atoms with Gasteiger partial charge in [0, 0.05) is 12.1 Å². The Morgan fingerprint density at radius 3 is 2.63 bits per heavy atom. The molecule has 0 radical (unpaired) electrons. The van der Waals surface area contributed by atoms with Crippen molar-refractivity contribution in [3.63, 3.8) is 0 Å². The second-order valence-electron chi connectivity index (χ2n) is 4.76. The first-order chi connectivity index (χ1) is 8.97. The standard InChI is InChI=1S/C13H15ClN2O3/c14-10-5-9(3-4-11(10)15)13(19)16(7-12(17)18)6-8-1-2-8/h3-5,8H,1-2,6-7,15H2,(H,17,18). The summed E-state index contributed by atoms with van der Waals surface area (Å²) in [6.07, 6.45) is 2.10. The van der Waals surface area contributed by atoms with Gasteiger partial charge in [0.05, 0.1) is 10.7 Å². The summed E-state index contributed by atoms with van der Waals surface area (Å²) in [5.41, 5.74) is 6.34. The van der Waals surface area contributed by atoms with Crippen LogP contribution in [0.3, 0.4) is 0 Å². The number of benzene rings is 1. The molecule has 5 nitrogen and oxygen atoms in total. The highest BCUT2D eigenvalue weighted by atomic mass is 35.5. The molecule has 1 saturated carbocycles.